The van der Waals surface area contributed by atoms with Gasteiger partial charge in [0.25, 0.3) is 5.89 Å². The highest BCUT2D eigenvalue weighted by Gasteiger charge is 2.35. The van der Waals surface area contributed by atoms with E-state index in [1.54, 1.807) is 11.3 Å². The summed E-state index contributed by atoms with van der Waals surface area (Å²) in [5.74, 6) is 1.68. The highest BCUT2D eigenvalue weighted by molar-refractivity contribution is 7.08. The Morgan fingerprint density at radius 3 is 3.14 bits per heavy atom. The van der Waals surface area contributed by atoms with E-state index in [1.165, 1.54) is 0 Å². The fourth-order valence-electron chi connectivity index (χ4n) is 3.06. The summed E-state index contributed by atoms with van der Waals surface area (Å²) in [6, 6.07) is 1.96. The number of hydrogen-bond donors (Lipinski definition) is 0. The lowest BCUT2D eigenvalue weighted by molar-refractivity contribution is -0.134. The van der Waals surface area contributed by atoms with Gasteiger partial charge in [0.2, 0.25) is 5.91 Å². The molecule has 6 nitrogen and oxygen atoms in total. The zero-order valence-electron chi connectivity index (χ0n) is 12.1. The average molecular weight is 319 g/mol. The summed E-state index contributed by atoms with van der Waals surface area (Å²) in [5.41, 5.74) is 0.956. The van der Waals surface area contributed by atoms with Crippen molar-refractivity contribution in [1.82, 2.24) is 15.0 Å². The number of hydrogen-bond acceptors (Lipinski definition) is 6. The summed E-state index contributed by atoms with van der Waals surface area (Å²) in [7, 11) is 0. The van der Waals surface area contributed by atoms with E-state index in [1.807, 2.05) is 21.7 Å². The monoisotopic (exact) mass is 319 g/mol. The first-order valence-corrected chi connectivity index (χ1v) is 8.48. The lowest BCUT2D eigenvalue weighted by atomic mass is 10.1. The van der Waals surface area contributed by atoms with Crippen molar-refractivity contribution in [3.63, 3.8) is 0 Å². The van der Waals surface area contributed by atoms with E-state index in [0.29, 0.717) is 31.5 Å². The third-order valence-electron chi connectivity index (χ3n) is 4.35. The van der Waals surface area contributed by atoms with E-state index >= 15 is 0 Å². The van der Waals surface area contributed by atoms with Crippen molar-refractivity contribution in [3.05, 3.63) is 22.7 Å². The second kappa shape index (κ2) is 5.81. The number of carbonyl (C=O) groups is 1. The van der Waals surface area contributed by atoms with Crippen LogP contribution in [0.3, 0.4) is 0 Å². The molecule has 2 aromatic rings. The SMILES string of the molecule is O=C([C@H]1CCOC1)N1CC[C@@H](c2noc(-c3ccsc3)n2)C1. The van der Waals surface area contributed by atoms with Crippen LogP contribution in [0.2, 0.25) is 0 Å². The van der Waals surface area contributed by atoms with Gasteiger partial charge in [0.15, 0.2) is 5.82 Å². The number of likely N-dealkylation sites (tertiary alicyclic amines) is 1. The Balaban J connectivity index is 1.43. The number of aromatic nitrogens is 2. The van der Waals surface area contributed by atoms with E-state index in [0.717, 1.165) is 24.9 Å². The lowest BCUT2D eigenvalue weighted by Crippen LogP contribution is -2.34. The predicted molar refractivity (Wildman–Crippen MR) is 80.5 cm³/mol. The zero-order valence-corrected chi connectivity index (χ0v) is 12.9. The molecule has 2 aliphatic heterocycles. The number of ether oxygens (including phenoxy) is 1. The van der Waals surface area contributed by atoms with E-state index in [2.05, 4.69) is 10.1 Å². The van der Waals surface area contributed by atoms with Gasteiger partial charge in [-0.3, -0.25) is 4.79 Å². The number of nitrogens with zero attached hydrogens (tertiary/aromatic N) is 3. The Bertz CT molecular complexity index is 649. The fraction of sp³-hybridized carbons (Fsp3) is 0.533. The fourth-order valence-corrected chi connectivity index (χ4v) is 3.69. The van der Waals surface area contributed by atoms with Crippen molar-refractivity contribution >= 4 is 17.2 Å². The molecule has 4 heterocycles. The molecule has 0 saturated carbocycles. The molecule has 2 saturated heterocycles. The van der Waals surface area contributed by atoms with Gasteiger partial charge in [-0.1, -0.05) is 5.16 Å². The van der Waals surface area contributed by atoms with Gasteiger partial charge in [-0.05, 0) is 24.3 Å². The Morgan fingerprint density at radius 2 is 2.36 bits per heavy atom. The highest BCUT2D eigenvalue weighted by atomic mass is 32.1. The van der Waals surface area contributed by atoms with Crippen LogP contribution in [0.1, 0.15) is 24.6 Å². The lowest BCUT2D eigenvalue weighted by Gasteiger charge is -2.19. The molecular weight excluding hydrogens is 302 g/mol. The van der Waals surface area contributed by atoms with Crippen molar-refractivity contribution in [2.75, 3.05) is 26.3 Å². The van der Waals surface area contributed by atoms with Crippen LogP contribution < -0.4 is 0 Å². The van der Waals surface area contributed by atoms with Gasteiger partial charge >= 0.3 is 0 Å². The minimum Gasteiger partial charge on any atom is -0.381 e. The van der Waals surface area contributed by atoms with Gasteiger partial charge in [0.05, 0.1) is 18.1 Å². The molecular formula is C15H17N3O3S. The second-order valence-electron chi connectivity index (χ2n) is 5.80. The maximum absolute atomic E-state index is 12.4. The Morgan fingerprint density at radius 1 is 1.41 bits per heavy atom. The van der Waals surface area contributed by atoms with E-state index in [4.69, 9.17) is 9.26 Å². The molecule has 0 unspecified atom stereocenters. The van der Waals surface area contributed by atoms with Gasteiger partial charge < -0.3 is 14.2 Å². The minimum absolute atomic E-state index is 0.0328. The molecule has 4 rings (SSSR count). The van der Waals surface area contributed by atoms with Gasteiger partial charge in [0.1, 0.15) is 0 Å². The summed E-state index contributed by atoms with van der Waals surface area (Å²) in [5, 5.41) is 8.07. The molecule has 0 radical (unpaired) electrons. The molecule has 0 bridgehead atoms. The Labute approximate surface area is 132 Å². The molecule has 0 aromatic carbocycles. The maximum Gasteiger partial charge on any atom is 0.258 e. The van der Waals surface area contributed by atoms with E-state index in [9.17, 15) is 4.79 Å². The van der Waals surface area contributed by atoms with Crippen molar-refractivity contribution in [1.29, 1.82) is 0 Å². The molecule has 2 fully saturated rings. The first kappa shape index (κ1) is 13.9. The normalized spacial score (nSPS) is 25.0. The van der Waals surface area contributed by atoms with Crippen LogP contribution in [-0.2, 0) is 9.53 Å². The Hall–Kier alpha value is -1.73. The summed E-state index contributed by atoms with van der Waals surface area (Å²) < 4.78 is 10.6. The number of thiophene rings is 1. The second-order valence-corrected chi connectivity index (χ2v) is 6.58. The van der Waals surface area contributed by atoms with E-state index in [-0.39, 0.29) is 17.7 Å². The summed E-state index contributed by atoms with van der Waals surface area (Å²) in [4.78, 5) is 18.8. The average Bonchev–Trinajstić information content (AvgIpc) is 3.35. The van der Waals surface area contributed by atoms with Crippen LogP contribution in [-0.4, -0.2) is 47.3 Å². The van der Waals surface area contributed by atoms with Gasteiger partial charge in [-0.2, -0.15) is 16.3 Å². The summed E-state index contributed by atoms with van der Waals surface area (Å²) in [6.07, 6.45) is 1.73. The zero-order chi connectivity index (χ0) is 14.9. The molecule has 0 spiro atoms. The van der Waals surface area contributed by atoms with Crippen LogP contribution in [0.5, 0.6) is 0 Å². The van der Waals surface area contributed by atoms with E-state index < -0.39 is 0 Å². The van der Waals surface area contributed by atoms with Gasteiger partial charge in [-0.15, -0.1) is 0 Å². The quantitative estimate of drug-likeness (QED) is 0.867. The third-order valence-corrected chi connectivity index (χ3v) is 5.04. The standard InChI is InChI=1S/C15H17N3O3S/c19-15(11-2-5-20-8-11)18-4-1-10(7-18)13-16-14(21-17-13)12-3-6-22-9-12/h3,6,9-11H,1-2,4-5,7-8H2/t10-,11+/m1/s1. The first-order chi connectivity index (χ1) is 10.8. The maximum atomic E-state index is 12.4. The first-order valence-electron chi connectivity index (χ1n) is 7.54. The molecule has 7 heteroatoms. The smallest absolute Gasteiger partial charge is 0.258 e. The minimum atomic E-state index is 0.0328. The van der Waals surface area contributed by atoms with Crippen molar-refractivity contribution in [3.8, 4) is 11.5 Å². The van der Waals surface area contributed by atoms with Crippen LogP contribution >= 0.6 is 11.3 Å². The molecule has 2 aliphatic rings. The molecule has 1 amide bonds. The van der Waals surface area contributed by atoms with Crippen LogP contribution in [0.25, 0.3) is 11.5 Å². The topological polar surface area (TPSA) is 68.5 Å². The molecule has 0 aliphatic carbocycles. The third kappa shape index (κ3) is 2.55. The molecule has 2 atom stereocenters. The van der Waals surface area contributed by atoms with Gasteiger partial charge in [0, 0.05) is 31.0 Å². The van der Waals surface area contributed by atoms with Crippen LogP contribution in [0.4, 0.5) is 0 Å². The van der Waals surface area contributed by atoms with Crippen molar-refractivity contribution in [2.24, 2.45) is 5.92 Å². The molecule has 0 N–H and O–H groups in total. The largest absolute Gasteiger partial charge is 0.381 e. The molecule has 2 aromatic heterocycles. The van der Waals surface area contributed by atoms with Crippen molar-refractivity contribution < 1.29 is 14.1 Å². The Kier molecular flexibility index (Phi) is 3.67. The molecule has 22 heavy (non-hydrogen) atoms. The number of amides is 1. The summed E-state index contributed by atoms with van der Waals surface area (Å²) in [6.45, 7) is 2.70. The van der Waals surface area contributed by atoms with Gasteiger partial charge in [-0.25, -0.2) is 0 Å². The van der Waals surface area contributed by atoms with Crippen molar-refractivity contribution in [2.45, 2.75) is 18.8 Å². The number of rotatable bonds is 3. The van der Waals surface area contributed by atoms with Crippen LogP contribution in [0.15, 0.2) is 21.3 Å². The summed E-state index contributed by atoms with van der Waals surface area (Å²) >= 11 is 1.60. The number of carbonyl (C=O) groups excluding carboxylic acids is 1. The molecule has 116 valence electrons. The van der Waals surface area contributed by atoms with Crippen LogP contribution in [0, 0.1) is 5.92 Å². The highest BCUT2D eigenvalue weighted by Crippen LogP contribution is 2.29. The predicted octanol–water partition coefficient (Wildman–Crippen LogP) is 2.15.